The van der Waals surface area contributed by atoms with Gasteiger partial charge in [0.15, 0.2) is 0 Å². The average Bonchev–Trinajstić information content (AvgIpc) is 2.69. The first-order valence-electron chi connectivity index (χ1n) is 8.15. The molecule has 0 fully saturated rings. The predicted octanol–water partition coefficient (Wildman–Crippen LogP) is 5.73. The lowest BCUT2D eigenvalue weighted by molar-refractivity contribution is -0.384. The van der Waals surface area contributed by atoms with Crippen LogP contribution in [0.3, 0.4) is 0 Å². The number of nitrogens with one attached hydrogen (secondary N) is 1. The molecule has 3 aromatic carbocycles. The highest BCUT2D eigenvalue weighted by atomic mass is 35.5. The summed E-state index contributed by atoms with van der Waals surface area (Å²) in [5, 5.41) is 14.3. The van der Waals surface area contributed by atoms with Crippen molar-refractivity contribution < 1.29 is 14.5 Å². The second kappa shape index (κ2) is 8.73. The third-order valence-electron chi connectivity index (χ3n) is 3.88. The van der Waals surface area contributed by atoms with Gasteiger partial charge in [0.1, 0.15) is 12.4 Å². The number of non-ortho nitro benzene ring substituents is 1. The van der Waals surface area contributed by atoms with E-state index in [1.165, 1.54) is 18.2 Å². The maximum Gasteiger partial charge on any atom is 0.271 e. The molecule has 0 saturated heterocycles. The lowest BCUT2D eigenvalue weighted by Gasteiger charge is -2.09. The van der Waals surface area contributed by atoms with Gasteiger partial charge in [0.05, 0.1) is 15.6 Å². The first kappa shape index (κ1) is 19.7. The highest BCUT2D eigenvalue weighted by molar-refractivity contribution is 6.34. The van der Waals surface area contributed by atoms with Crippen molar-refractivity contribution >= 4 is 40.5 Å². The molecule has 0 saturated carbocycles. The van der Waals surface area contributed by atoms with Crippen LogP contribution in [0.1, 0.15) is 15.9 Å². The van der Waals surface area contributed by atoms with E-state index in [0.29, 0.717) is 22.9 Å². The molecule has 6 nitrogen and oxygen atoms in total. The van der Waals surface area contributed by atoms with Crippen molar-refractivity contribution in [2.75, 3.05) is 5.32 Å². The van der Waals surface area contributed by atoms with Gasteiger partial charge in [-0.3, -0.25) is 14.9 Å². The quantitative estimate of drug-likeness (QED) is 0.410. The normalized spacial score (nSPS) is 10.4. The second-order valence-corrected chi connectivity index (χ2v) is 6.59. The van der Waals surface area contributed by atoms with Gasteiger partial charge in [-0.15, -0.1) is 0 Å². The van der Waals surface area contributed by atoms with Crippen LogP contribution in [0, 0.1) is 10.1 Å². The van der Waals surface area contributed by atoms with Gasteiger partial charge in [-0.05, 0) is 36.4 Å². The number of carbonyl (C=O) groups is 1. The molecular weight excluding hydrogens is 403 g/mol. The standard InChI is InChI=1S/C20H14Cl2N2O4/c21-17-4-2-1-3-14(17)12-28-16-8-5-13(6-9-16)20(25)23-19-11-15(24(26)27)7-10-18(19)22/h1-11H,12H2,(H,23,25). The first-order chi connectivity index (χ1) is 13.4. The van der Waals surface area contributed by atoms with E-state index < -0.39 is 10.8 Å². The predicted molar refractivity (Wildman–Crippen MR) is 108 cm³/mol. The van der Waals surface area contributed by atoms with Gasteiger partial charge in [-0.25, -0.2) is 0 Å². The van der Waals surface area contributed by atoms with Gasteiger partial charge in [0.2, 0.25) is 0 Å². The summed E-state index contributed by atoms with van der Waals surface area (Å²) in [5.74, 6) is 0.130. The molecule has 1 amide bonds. The summed E-state index contributed by atoms with van der Waals surface area (Å²) in [6.45, 7) is 0.300. The van der Waals surface area contributed by atoms with Crippen molar-refractivity contribution in [1.82, 2.24) is 0 Å². The number of hydrogen-bond acceptors (Lipinski definition) is 4. The Balaban J connectivity index is 1.66. The number of nitro benzene ring substituents is 1. The van der Waals surface area contributed by atoms with E-state index in [0.717, 1.165) is 5.56 Å². The maximum atomic E-state index is 12.4. The molecule has 0 aliphatic heterocycles. The number of ether oxygens (including phenoxy) is 1. The number of rotatable bonds is 6. The number of amides is 1. The molecule has 0 atom stereocenters. The molecule has 0 radical (unpaired) electrons. The van der Waals surface area contributed by atoms with Gasteiger partial charge in [-0.2, -0.15) is 0 Å². The van der Waals surface area contributed by atoms with Crippen molar-refractivity contribution in [3.8, 4) is 5.75 Å². The monoisotopic (exact) mass is 416 g/mol. The van der Waals surface area contributed by atoms with E-state index in [1.807, 2.05) is 18.2 Å². The Hall–Kier alpha value is -3.09. The molecule has 8 heteroatoms. The van der Waals surface area contributed by atoms with Crippen LogP contribution in [0.15, 0.2) is 66.7 Å². The molecule has 1 N–H and O–H groups in total. The van der Waals surface area contributed by atoms with E-state index in [2.05, 4.69) is 5.32 Å². The van der Waals surface area contributed by atoms with E-state index in [1.54, 1.807) is 30.3 Å². The first-order valence-corrected chi connectivity index (χ1v) is 8.91. The van der Waals surface area contributed by atoms with Crippen LogP contribution in [-0.4, -0.2) is 10.8 Å². The number of halogens is 2. The third-order valence-corrected chi connectivity index (χ3v) is 4.58. The van der Waals surface area contributed by atoms with E-state index in [-0.39, 0.29) is 16.4 Å². The zero-order valence-corrected chi connectivity index (χ0v) is 15.9. The van der Waals surface area contributed by atoms with Crippen LogP contribution in [0.4, 0.5) is 11.4 Å². The molecule has 0 aliphatic carbocycles. The van der Waals surface area contributed by atoms with Crippen molar-refractivity contribution in [3.63, 3.8) is 0 Å². The molecule has 3 aromatic rings. The van der Waals surface area contributed by atoms with E-state index in [9.17, 15) is 14.9 Å². The zero-order valence-electron chi connectivity index (χ0n) is 14.4. The maximum absolute atomic E-state index is 12.4. The lowest BCUT2D eigenvalue weighted by Crippen LogP contribution is -2.12. The Morgan fingerprint density at radius 1 is 1.00 bits per heavy atom. The van der Waals surface area contributed by atoms with Crippen LogP contribution >= 0.6 is 23.2 Å². The van der Waals surface area contributed by atoms with Crippen molar-refractivity contribution in [1.29, 1.82) is 0 Å². The topological polar surface area (TPSA) is 81.5 Å². The fourth-order valence-corrected chi connectivity index (χ4v) is 2.75. The zero-order chi connectivity index (χ0) is 20.1. The Labute approximate surface area is 170 Å². The summed E-state index contributed by atoms with van der Waals surface area (Å²) < 4.78 is 5.67. The largest absolute Gasteiger partial charge is 0.489 e. The van der Waals surface area contributed by atoms with Crippen LogP contribution in [0.2, 0.25) is 10.0 Å². The summed E-state index contributed by atoms with van der Waals surface area (Å²) in [5.41, 5.74) is 1.21. The molecule has 0 spiro atoms. The molecule has 0 unspecified atom stereocenters. The highest BCUT2D eigenvalue weighted by Crippen LogP contribution is 2.27. The van der Waals surface area contributed by atoms with E-state index in [4.69, 9.17) is 27.9 Å². The Kier molecular flexibility index (Phi) is 6.13. The molecule has 0 aliphatic rings. The molecule has 0 aromatic heterocycles. The van der Waals surface area contributed by atoms with Crippen LogP contribution in [-0.2, 0) is 6.61 Å². The van der Waals surface area contributed by atoms with Gasteiger partial charge in [0.25, 0.3) is 11.6 Å². The van der Waals surface area contributed by atoms with Crippen LogP contribution in [0.25, 0.3) is 0 Å². The number of benzene rings is 3. The molecule has 3 rings (SSSR count). The van der Waals surface area contributed by atoms with E-state index >= 15 is 0 Å². The minimum absolute atomic E-state index is 0.164. The molecule has 0 heterocycles. The molecule has 0 bridgehead atoms. The number of nitrogens with zero attached hydrogens (tertiary/aromatic N) is 1. The minimum atomic E-state index is -0.558. The fourth-order valence-electron chi connectivity index (χ4n) is 2.40. The summed E-state index contributed by atoms with van der Waals surface area (Å²) in [6, 6.07) is 17.7. The Morgan fingerprint density at radius 2 is 1.71 bits per heavy atom. The van der Waals surface area contributed by atoms with Gasteiger partial charge in [0, 0.05) is 28.3 Å². The van der Waals surface area contributed by atoms with Gasteiger partial charge in [-0.1, -0.05) is 41.4 Å². The molecular formula is C20H14Cl2N2O4. The third kappa shape index (κ3) is 4.79. The SMILES string of the molecule is O=C(Nc1cc([N+](=O)[O-])ccc1Cl)c1ccc(OCc2ccccc2Cl)cc1. The molecule has 142 valence electrons. The van der Waals surface area contributed by atoms with Gasteiger partial charge >= 0.3 is 0 Å². The molecule has 28 heavy (non-hydrogen) atoms. The average molecular weight is 417 g/mol. The second-order valence-electron chi connectivity index (χ2n) is 5.78. The summed E-state index contributed by atoms with van der Waals surface area (Å²) >= 11 is 12.1. The summed E-state index contributed by atoms with van der Waals surface area (Å²) in [6.07, 6.45) is 0. The highest BCUT2D eigenvalue weighted by Gasteiger charge is 2.13. The van der Waals surface area contributed by atoms with Crippen molar-refractivity contribution in [2.24, 2.45) is 0 Å². The fraction of sp³-hybridized carbons (Fsp3) is 0.0500. The number of nitro groups is 1. The Morgan fingerprint density at radius 3 is 2.39 bits per heavy atom. The van der Waals surface area contributed by atoms with Crippen LogP contribution in [0.5, 0.6) is 5.75 Å². The smallest absolute Gasteiger partial charge is 0.271 e. The summed E-state index contributed by atoms with van der Waals surface area (Å²) in [7, 11) is 0. The van der Waals surface area contributed by atoms with Gasteiger partial charge < -0.3 is 10.1 Å². The van der Waals surface area contributed by atoms with Crippen LogP contribution < -0.4 is 10.1 Å². The number of hydrogen-bond donors (Lipinski definition) is 1. The Bertz CT molecular complexity index is 1020. The number of carbonyl (C=O) groups excluding carboxylic acids is 1. The lowest BCUT2D eigenvalue weighted by atomic mass is 10.2. The summed E-state index contributed by atoms with van der Waals surface area (Å²) in [4.78, 5) is 22.7. The van der Waals surface area contributed by atoms with Crippen molar-refractivity contribution in [2.45, 2.75) is 6.61 Å². The number of anilines is 1. The van der Waals surface area contributed by atoms with Crippen molar-refractivity contribution in [3.05, 3.63) is 98.0 Å². The minimum Gasteiger partial charge on any atom is -0.489 e.